The van der Waals surface area contributed by atoms with Gasteiger partial charge in [0.2, 0.25) is 0 Å². The van der Waals surface area contributed by atoms with Gasteiger partial charge in [0.05, 0.1) is 10.2 Å². The minimum absolute atomic E-state index is 0.144. The highest BCUT2D eigenvalue weighted by Crippen LogP contribution is 2.08. The van der Waals surface area contributed by atoms with Crippen molar-refractivity contribution in [3.63, 3.8) is 0 Å². The van der Waals surface area contributed by atoms with Crippen molar-refractivity contribution < 1.29 is 9.53 Å². The second-order valence-corrected chi connectivity index (χ2v) is 5.44. The number of thioether (sulfide) groups is 1. The maximum atomic E-state index is 11.3. The minimum Gasteiger partial charge on any atom is -0.444 e. The highest BCUT2D eigenvalue weighted by molar-refractivity contribution is 8.22. The van der Waals surface area contributed by atoms with Crippen LogP contribution in [0.4, 0.5) is 4.79 Å². The standard InChI is InChI=1S/C9H17NO2S2/c1-6(7(13)14-5)10-8(11)12-9(2,3)4/h6H,1-5H3,(H,10,11)/t6-/m0/s1. The van der Waals surface area contributed by atoms with Gasteiger partial charge in [0.1, 0.15) is 5.60 Å². The Morgan fingerprint density at radius 1 is 1.50 bits per heavy atom. The summed E-state index contributed by atoms with van der Waals surface area (Å²) in [5.41, 5.74) is -0.467. The lowest BCUT2D eigenvalue weighted by atomic mass is 10.2. The van der Waals surface area contributed by atoms with E-state index < -0.39 is 11.7 Å². The van der Waals surface area contributed by atoms with Crippen molar-refractivity contribution in [2.45, 2.75) is 39.3 Å². The van der Waals surface area contributed by atoms with Crippen molar-refractivity contribution in [1.82, 2.24) is 5.32 Å². The Bertz CT molecular complexity index is 223. The number of thiocarbonyl (C=S) groups is 1. The molecule has 0 heterocycles. The average molecular weight is 235 g/mol. The van der Waals surface area contributed by atoms with Crippen molar-refractivity contribution in [1.29, 1.82) is 0 Å². The number of amides is 1. The van der Waals surface area contributed by atoms with Gasteiger partial charge >= 0.3 is 6.09 Å². The third-order valence-corrected chi connectivity index (χ3v) is 2.90. The first-order valence-corrected chi connectivity index (χ1v) is 5.97. The van der Waals surface area contributed by atoms with E-state index in [4.69, 9.17) is 17.0 Å². The highest BCUT2D eigenvalue weighted by Gasteiger charge is 2.18. The lowest BCUT2D eigenvalue weighted by Gasteiger charge is -2.21. The topological polar surface area (TPSA) is 38.3 Å². The summed E-state index contributed by atoms with van der Waals surface area (Å²) in [7, 11) is 0. The molecular formula is C9H17NO2S2. The third kappa shape index (κ3) is 6.21. The molecule has 0 aromatic heterocycles. The fourth-order valence-electron chi connectivity index (χ4n) is 0.720. The Labute approximate surface area is 95.0 Å². The molecule has 0 fully saturated rings. The Hall–Kier alpha value is -0.290. The summed E-state index contributed by atoms with van der Waals surface area (Å²) in [4.78, 5) is 11.3. The van der Waals surface area contributed by atoms with E-state index in [2.05, 4.69) is 5.32 Å². The summed E-state index contributed by atoms with van der Waals surface area (Å²) in [6, 6.07) is -0.144. The average Bonchev–Trinajstić information content (AvgIpc) is 1.99. The predicted octanol–water partition coefficient (Wildman–Crippen LogP) is 2.59. The number of carbonyl (C=O) groups is 1. The summed E-state index contributed by atoms with van der Waals surface area (Å²) >= 11 is 6.48. The van der Waals surface area contributed by atoms with Gasteiger partial charge < -0.3 is 10.1 Å². The van der Waals surface area contributed by atoms with E-state index in [0.29, 0.717) is 0 Å². The maximum absolute atomic E-state index is 11.3. The fourth-order valence-corrected chi connectivity index (χ4v) is 1.19. The molecule has 0 aliphatic heterocycles. The molecule has 1 amide bonds. The monoisotopic (exact) mass is 235 g/mol. The van der Waals surface area contributed by atoms with E-state index in [-0.39, 0.29) is 6.04 Å². The predicted molar refractivity (Wildman–Crippen MR) is 64.9 cm³/mol. The molecule has 0 aromatic carbocycles. The van der Waals surface area contributed by atoms with Gasteiger partial charge in [0.15, 0.2) is 0 Å². The second-order valence-electron chi connectivity index (χ2n) is 3.89. The first-order chi connectivity index (χ1) is 6.26. The third-order valence-electron chi connectivity index (χ3n) is 1.29. The van der Waals surface area contributed by atoms with E-state index in [1.165, 1.54) is 11.8 Å². The SMILES string of the molecule is CSC(=S)[C@H](C)NC(=O)OC(C)(C)C. The van der Waals surface area contributed by atoms with Gasteiger partial charge in [-0.15, -0.1) is 11.8 Å². The van der Waals surface area contributed by atoms with Gasteiger partial charge in [-0.05, 0) is 34.0 Å². The molecule has 3 nitrogen and oxygen atoms in total. The molecule has 0 saturated heterocycles. The van der Waals surface area contributed by atoms with Crippen LogP contribution in [0.15, 0.2) is 0 Å². The van der Waals surface area contributed by atoms with Gasteiger partial charge in [-0.2, -0.15) is 0 Å². The van der Waals surface area contributed by atoms with Crippen molar-refractivity contribution in [3.05, 3.63) is 0 Å². The molecule has 5 heteroatoms. The zero-order valence-electron chi connectivity index (χ0n) is 9.21. The smallest absolute Gasteiger partial charge is 0.408 e. The Morgan fingerprint density at radius 2 is 2.00 bits per heavy atom. The van der Waals surface area contributed by atoms with Crippen molar-refractivity contribution in [2.24, 2.45) is 0 Å². The van der Waals surface area contributed by atoms with Gasteiger partial charge in [-0.1, -0.05) is 12.2 Å². The van der Waals surface area contributed by atoms with Crippen LogP contribution in [0.3, 0.4) is 0 Å². The highest BCUT2D eigenvalue weighted by atomic mass is 32.2. The van der Waals surface area contributed by atoms with Crippen LogP contribution >= 0.6 is 24.0 Å². The van der Waals surface area contributed by atoms with Gasteiger partial charge in [-0.25, -0.2) is 4.79 Å². The molecule has 0 aliphatic rings. The van der Waals surface area contributed by atoms with Crippen LogP contribution in [0.25, 0.3) is 0 Å². The van der Waals surface area contributed by atoms with E-state index in [9.17, 15) is 4.79 Å². The summed E-state index contributed by atoms with van der Waals surface area (Å²) in [6.45, 7) is 7.31. The number of hydrogen-bond acceptors (Lipinski definition) is 4. The molecule has 0 aliphatic carbocycles. The molecule has 0 radical (unpaired) electrons. The van der Waals surface area contributed by atoms with Crippen molar-refractivity contribution >= 4 is 34.3 Å². The number of nitrogens with one attached hydrogen (secondary N) is 1. The zero-order chi connectivity index (χ0) is 11.4. The summed E-state index contributed by atoms with van der Waals surface area (Å²) in [5.74, 6) is 0. The second kappa shape index (κ2) is 5.56. The number of alkyl carbamates (subject to hydrolysis) is 1. The molecule has 0 aromatic rings. The van der Waals surface area contributed by atoms with Crippen LogP contribution in [0.2, 0.25) is 0 Å². The molecule has 0 saturated carbocycles. The van der Waals surface area contributed by atoms with E-state index in [1.807, 2.05) is 34.0 Å². The van der Waals surface area contributed by atoms with Crippen LogP contribution in [0, 0.1) is 0 Å². The fraction of sp³-hybridized carbons (Fsp3) is 0.778. The van der Waals surface area contributed by atoms with Crippen molar-refractivity contribution in [3.8, 4) is 0 Å². The molecule has 1 atom stereocenters. The molecule has 0 rings (SSSR count). The molecule has 0 spiro atoms. The summed E-state index contributed by atoms with van der Waals surface area (Å²) in [6.07, 6.45) is 1.46. The first kappa shape index (κ1) is 13.7. The molecule has 82 valence electrons. The quantitative estimate of drug-likeness (QED) is 0.747. The van der Waals surface area contributed by atoms with Crippen LogP contribution in [-0.4, -0.2) is 28.2 Å². The van der Waals surface area contributed by atoms with Gasteiger partial charge in [-0.3, -0.25) is 0 Å². The van der Waals surface area contributed by atoms with Crippen LogP contribution < -0.4 is 5.32 Å². The largest absolute Gasteiger partial charge is 0.444 e. The van der Waals surface area contributed by atoms with E-state index >= 15 is 0 Å². The molecule has 1 N–H and O–H groups in total. The number of rotatable bonds is 2. The van der Waals surface area contributed by atoms with E-state index in [0.717, 1.165) is 4.20 Å². The lowest BCUT2D eigenvalue weighted by Crippen LogP contribution is -2.40. The van der Waals surface area contributed by atoms with Crippen LogP contribution in [0.5, 0.6) is 0 Å². The number of carbonyl (C=O) groups excluding carboxylic acids is 1. The Morgan fingerprint density at radius 3 is 2.36 bits per heavy atom. The van der Waals surface area contributed by atoms with Gasteiger partial charge in [0, 0.05) is 0 Å². The number of hydrogen-bond donors (Lipinski definition) is 1. The van der Waals surface area contributed by atoms with Crippen LogP contribution in [0.1, 0.15) is 27.7 Å². The zero-order valence-corrected chi connectivity index (χ0v) is 10.8. The number of ether oxygens (including phenoxy) is 1. The first-order valence-electron chi connectivity index (χ1n) is 4.33. The van der Waals surface area contributed by atoms with Crippen molar-refractivity contribution in [2.75, 3.05) is 6.26 Å². The molecule has 0 unspecified atom stereocenters. The van der Waals surface area contributed by atoms with Gasteiger partial charge in [0.25, 0.3) is 0 Å². The Balaban J connectivity index is 4.01. The lowest BCUT2D eigenvalue weighted by molar-refractivity contribution is 0.0522. The Kier molecular flexibility index (Phi) is 5.44. The molecule has 14 heavy (non-hydrogen) atoms. The van der Waals surface area contributed by atoms with E-state index in [1.54, 1.807) is 0 Å². The summed E-state index contributed by atoms with van der Waals surface area (Å²) < 4.78 is 5.83. The summed E-state index contributed by atoms with van der Waals surface area (Å²) in [5, 5.41) is 2.66. The normalized spacial score (nSPS) is 13.2. The van der Waals surface area contributed by atoms with Crippen LogP contribution in [-0.2, 0) is 4.74 Å². The molecular weight excluding hydrogens is 218 g/mol. The molecule has 0 bridgehead atoms. The maximum Gasteiger partial charge on any atom is 0.408 e. The minimum atomic E-state index is -0.467.